The van der Waals surface area contributed by atoms with Gasteiger partial charge < -0.3 is 0 Å². The highest BCUT2D eigenvalue weighted by Crippen LogP contribution is 2.24. The van der Waals surface area contributed by atoms with Crippen LogP contribution in [0.2, 0.25) is 0 Å². The highest BCUT2D eigenvalue weighted by Gasteiger charge is 2.15. The van der Waals surface area contributed by atoms with Crippen molar-refractivity contribution in [1.82, 2.24) is 0 Å². The Kier molecular flexibility index (Phi) is 2.90. The zero-order valence-corrected chi connectivity index (χ0v) is 10.1. The molecule has 1 aliphatic rings. The van der Waals surface area contributed by atoms with Gasteiger partial charge in [0.2, 0.25) is 0 Å². The standard InChI is InChI=1S/C14H18N2/c1-14(2,3)13-6-4-11(5-7-13)12-8-15-10-16-9-12/h4-8,10,12H,9H2,1-3H3. The van der Waals surface area contributed by atoms with Gasteiger partial charge in [-0.05, 0) is 16.5 Å². The van der Waals surface area contributed by atoms with Gasteiger partial charge in [-0.25, -0.2) is 4.99 Å². The predicted molar refractivity (Wildman–Crippen MR) is 69.7 cm³/mol. The molecule has 2 nitrogen and oxygen atoms in total. The summed E-state index contributed by atoms with van der Waals surface area (Å²) in [6, 6.07) is 8.80. The number of hydrogen-bond acceptors (Lipinski definition) is 2. The first-order chi connectivity index (χ1) is 7.57. The number of hydrogen-bond donors (Lipinski definition) is 0. The van der Waals surface area contributed by atoms with Crippen molar-refractivity contribution in [3.05, 3.63) is 35.4 Å². The SMILES string of the molecule is CC(C)(C)c1ccc(C2C=NC=NC2)cc1. The van der Waals surface area contributed by atoms with E-state index in [-0.39, 0.29) is 5.41 Å². The lowest BCUT2D eigenvalue weighted by Crippen LogP contribution is -2.12. The first-order valence-electron chi connectivity index (χ1n) is 5.69. The summed E-state index contributed by atoms with van der Waals surface area (Å²) in [6.07, 6.45) is 3.60. The van der Waals surface area contributed by atoms with Crippen LogP contribution < -0.4 is 0 Å². The molecule has 1 heterocycles. The maximum absolute atomic E-state index is 4.18. The summed E-state index contributed by atoms with van der Waals surface area (Å²) in [6.45, 7) is 7.51. The molecular weight excluding hydrogens is 196 g/mol. The van der Waals surface area contributed by atoms with E-state index in [1.54, 1.807) is 6.34 Å². The van der Waals surface area contributed by atoms with Gasteiger partial charge in [-0.3, -0.25) is 4.99 Å². The molecule has 2 rings (SSSR count). The monoisotopic (exact) mass is 214 g/mol. The fourth-order valence-corrected chi connectivity index (χ4v) is 1.82. The number of nitrogens with zero attached hydrogens (tertiary/aromatic N) is 2. The van der Waals surface area contributed by atoms with Crippen molar-refractivity contribution in [2.75, 3.05) is 6.54 Å². The van der Waals surface area contributed by atoms with Gasteiger partial charge in [-0.15, -0.1) is 0 Å². The molecule has 0 saturated heterocycles. The fraction of sp³-hybridized carbons (Fsp3) is 0.429. The van der Waals surface area contributed by atoms with Gasteiger partial charge in [-0.2, -0.15) is 0 Å². The molecule has 0 aliphatic carbocycles. The summed E-state index contributed by atoms with van der Waals surface area (Å²) >= 11 is 0. The molecule has 1 atom stereocenters. The van der Waals surface area contributed by atoms with E-state index < -0.39 is 0 Å². The number of aliphatic imine (C=N–C) groups is 2. The van der Waals surface area contributed by atoms with Crippen molar-refractivity contribution in [2.45, 2.75) is 32.1 Å². The maximum atomic E-state index is 4.18. The van der Waals surface area contributed by atoms with Gasteiger partial charge in [0, 0.05) is 12.1 Å². The lowest BCUT2D eigenvalue weighted by Gasteiger charge is -2.20. The Morgan fingerprint density at radius 2 is 1.81 bits per heavy atom. The third-order valence-electron chi connectivity index (χ3n) is 2.92. The summed E-state index contributed by atoms with van der Waals surface area (Å²) in [5.41, 5.74) is 2.89. The first kappa shape index (κ1) is 11.1. The highest BCUT2D eigenvalue weighted by molar-refractivity contribution is 5.80. The highest BCUT2D eigenvalue weighted by atomic mass is 14.9. The van der Waals surface area contributed by atoms with Crippen LogP contribution in [0.1, 0.15) is 37.8 Å². The summed E-state index contributed by atoms with van der Waals surface area (Å²) in [4.78, 5) is 8.27. The third kappa shape index (κ3) is 2.38. The van der Waals surface area contributed by atoms with Crippen LogP contribution in [-0.4, -0.2) is 19.1 Å². The summed E-state index contributed by atoms with van der Waals surface area (Å²) in [5, 5.41) is 0. The molecule has 84 valence electrons. The Balaban J connectivity index is 2.19. The van der Waals surface area contributed by atoms with Crippen molar-refractivity contribution in [1.29, 1.82) is 0 Å². The maximum Gasteiger partial charge on any atom is 0.109 e. The van der Waals surface area contributed by atoms with Crippen molar-refractivity contribution >= 4 is 12.6 Å². The minimum absolute atomic E-state index is 0.220. The second-order valence-electron chi connectivity index (χ2n) is 5.26. The fourth-order valence-electron chi connectivity index (χ4n) is 1.82. The molecule has 1 unspecified atom stereocenters. The van der Waals surface area contributed by atoms with Crippen LogP contribution in [0.4, 0.5) is 0 Å². The molecule has 0 bridgehead atoms. The van der Waals surface area contributed by atoms with Crippen LogP contribution in [0.5, 0.6) is 0 Å². The van der Waals surface area contributed by atoms with E-state index in [0.717, 1.165) is 6.54 Å². The Morgan fingerprint density at radius 1 is 1.12 bits per heavy atom. The van der Waals surface area contributed by atoms with Gasteiger partial charge in [0.15, 0.2) is 0 Å². The lowest BCUT2D eigenvalue weighted by atomic mass is 9.85. The summed E-state index contributed by atoms with van der Waals surface area (Å²) < 4.78 is 0. The smallest absolute Gasteiger partial charge is 0.109 e. The quantitative estimate of drug-likeness (QED) is 0.686. The molecule has 0 amide bonds. The minimum atomic E-state index is 0.220. The second-order valence-corrected chi connectivity index (χ2v) is 5.26. The lowest BCUT2D eigenvalue weighted by molar-refractivity contribution is 0.590. The molecular formula is C14H18N2. The van der Waals surface area contributed by atoms with E-state index in [1.807, 2.05) is 6.21 Å². The molecule has 0 radical (unpaired) electrons. The van der Waals surface area contributed by atoms with Crippen LogP contribution >= 0.6 is 0 Å². The van der Waals surface area contributed by atoms with Gasteiger partial charge in [0.1, 0.15) is 6.34 Å². The molecule has 0 fully saturated rings. The zero-order valence-electron chi connectivity index (χ0n) is 10.1. The molecule has 2 heteroatoms. The molecule has 16 heavy (non-hydrogen) atoms. The number of rotatable bonds is 1. The van der Waals surface area contributed by atoms with E-state index in [4.69, 9.17) is 0 Å². The van der Waals surface area contributed by atoms with Crippen LogP contribution in [-0.2, 0) is 5.41 Å². The Labute approximate surface area is 97.1 Å². The first-order valence-corrected chi connectivity index (χ1v) is 5.69. The normalized spacial score (nSPS) is 20.1. The van der Waals surface area contributed by atoms with Crippen molar-refractivity contribution < 1.29 is 0 Å². The Morgan fingerprint density at radius 3 is 2.31 bits per heavy atom. The Bertz CT molecular complexity index is 407. The topological polar surface area (TPSA) is 24.7 Å². The van der Waals surface area contributed by atoms with Gasteiger partial charge >= 0.3 is 0 Å². The molecule has 0 N–H and O–H groups in total. The molecule has 0 saturated carbocycles. The number of benzene rings is 1. The van der Waals surface area contributed by atoms with Crippen LogP contribution in [0, 0.1) is 0 Å². The van der Waals surface area contributed by atoms with Crippen molar-refractivity contribution in [3.8, 4) is 0 Å². The van der Waals surface area contributed by atoms with Gasteiger partial charge in [-0.1, -0.05) is 45.0 Å². The van der Waals surface area contributed by atoms with Crippen molar-refractivity contribution in [3.63, 3.8) is 0 Å². The second kappa shape index (κ2) is 4.20. The van der Waals surface area contributed by atoms with Crippen LogP contribution in [0.3, 0.4) is 0 Å². The Hall–Kier alpha value is -1.44. The van der Waals surface area contributed by atoms with Crippen LogP contribution in [0.15, 0.2) is 34.3 Å². The van der Waals surface area contributed by atoms with E-state index in [1.165, 1.54) is 11.1 Å². The van der Waals surface area contributed by atoms with Gasteiger partial charge in [0.25, 0.3) is 0 Å². The molecule has 0 aromatic heterocycles. The largest absolute Gasteiger partial charge is 0.272 e. The predicted octanol–water partition coefficient (Wildman–Crippen LogP) is 3.18. The van der Waals surface area contributed by atoms with E-state index in [0.29, 0.717) is 5.92 Å². The molecule has 1 aromatic rings. The zero-order chi connectivity index (χ0) is 11.6. The van der Waals surface area contributed by atoms with Gasteiger partial charge in [0.05, 0.1) is 6.54 Å². The van der Waals surface area contributed by atoms with Crippen LogP contribution in [0.25, 0.3) is 0 Å². The molecule has 0 spiro atoms. The van der Waals surface area contributed by atoms with Crippen molar-refractivity contribution in [2.24, 2.45) is 9.98 Å². The van der Waals surface area contributed by atoms with E-state index in [2.05, 4.69) is 55.0 Å². The molecule has 1 aromatic carbocycles. The molecule has 1 aliphatic heterocycles. The van der Waals surface area contributed by atoms with E-state index in [9.17, 15) is 0 Å². The average molecular weight is 214 g/mol. The third-order valence-corrected chi connectivity index (χ3v) is 2.92. The summed E-state index contributed by atoms with van der Waals surface area (Å²) in [7, 11) is 0. The summed E-state index contributed by atoms with van der Waals surface area (Å²) in [5.74, 6) is 0.346. The average Bonchev–Trinajstić information content (AvgIpc) is 2.29. The minimum Gasteiger partial charge on any atom is -0.272 e. The van der Waals surface area contributed by atoms with E-state index >= 15 is 0 Å².